The molecule has 0 aromatic heterocycles. The maximum Gasteiger partial charge on any atom is 0.238 e. The first-order valence-electron chi connectivity index (χ1n) is 4.41. The van der Waals surface area contributed by atoms with E-state index in [0.717, 1.165) is 4.47 Å². The van der Waals surface area contributed by atoms with Gasteiger partial charge in [-0.05, 0) is 18.2 Å². The number of nitrogens with two attached hydrogens (primary N) is 2. The van der Waals surface area contributed by atoms with Gasteiger partial charge in [0.25, 0.3) is 0 Å². The standard InChI is InChI=1S/C10H9BrN2O2S/c11-7-4-5-9(16(13,14)15)6-2-1-3-8(12)10(6)7/h1-5H,12H2,(H2,13,14,15). The van der Waals surface area contributed by atoms with E-state index in [1.807, 2.05) is 0 Å². The Bertz CT molecular complexity index is 660. The first-order chi connectivity index (χ1) is 7.41. The van der Waals surface area contributed by atoms with Crippen LogP contribution in [0.3, 0.4) is 0 Å². The molecule has 84 valence electrons. The van der Waals surface area contributed by atoms with Crippen molar-refractivity contribution in [3.63, 3.8) is 0 Å². The molecule has 0 spiro atoms. The molecule has 0 radical (unpaired) electrons. The van der Waals surface area contributed by atoms with Gasteiger partial charge in [0.2, 0.25) is 10.0 Å². The summed E-state index contributed by atoms with van der Waals surface area (Å²) in [4.78, 5) is 0.0815. The molecule has 0 aliphatic rings. The number of anilines is 1. The van der Waals surface area contributed by atoms with Crippen molar-refractivity contribution in [1.29, 1.82) is 0 Å². The summed E-state index contributed by atoms with van der Waals surface area (Å²) >= 11 is 3.33. The molecule has 4 N–H and O–H groups in total. The van der Waals surface area contributed by atoms with Crippen molar-refractivity contribution < 1.29 is 8.42 Å². The highest BCUT2D eigenvalue weighted by Gasteiger charge is 2.14. The molecule has 0 fully saturated rings. The predicted molar refractivity (Wildman–Crippen MR) is 67.4 cm³/mol. The predicted octanol–water partition coefficient (Wildman–Crippen LogP) is 1.83. The maximum absolute atomic E-state index is 11.4. The molecular formula is C10H9BrN2O2S. The van der Waals surface area contributed by atoms with Gasteiger partial charge >= 0.3 is 0 Å². The van der Waals surface area contributed by atoms with E-state index in [1.165, 1.54) is 6.07 Å². The summed E-state index contributed by atoms with van der Waals surface area (Å²) in [5.74, 6) is 0. The Balaban J connectivity index is 3.02. The highest BCUT2D eigenvalue weighted by atomic mass is 79.9. The van der Waals surface area contributed by atoms with E-state index in [4.69, 9.17) is 10.9 Å². The molecule has 2 aromatic carbocycles. The van der Waals surface area contributed by atoms with Crippen molar-refractivity contribution in [2.24, 2.45) is 5.14 Å². The minimum atomic E-state index is -3.74. The van der Waals surface area contributed by atoms with Gasteiger partial charge in [0, 0.05) is 20.9 Å². The summed E-state index contributed by atoms with van der Waals surface area (Å²) < 4.78 is 23.5. The molecule has 0 heterocycles. The fraction of sp³-hybridized carbons (Fsp3) is 0. The van der Waals surface area contributed by atoms with Crippen LogP contribution in [0, 0.1) is 0 Å². The summed E-state index contributed by atoms with van der Waals surface area (Å²) in [6, 6.07) is 8.16. The van der Waals surface area contributed by atoms with Gasteiger partial charge in [0.1, 0.15) is 0 Å². The van der Waals surface area contributed by atoms with Gasteiger partial charge in [0.15, 0.2) is 0 Å². The lowest BCUT2D eigenvalue weighted by atomic mass is 10.1. The molecule has 16 heavy (non-hydrogen) atoms. The van der Waals surface area contributed by atoms with Crippen LogP contribution in [0.2, 0.25) is 0 Å². The number of hydrogen-bond donors (Lipinski definition) is 2. The number of sulfonamides is 1. The molecule has 0 saturated heterocycles. The second kappa shape index (κ2) is 3.73. The topological polar surface area (TPSA) is 86.2 Å². The molecule has 0 aliphatic carbocycles. The second-order valence-corrected chi connectivity index (χ2v) is 5.74. The zero-order valence-corrected chi connectivity index (χ0v) is 10.5. The van der Waals surface area contributed by atoms with Crippen LogP contribution in [-0.4, -0.2) is 8.42 Å². The third kappa shape index (κ3) is 1.79. The zero-order chi connectivity index (χ0) is 11.9. The first kappa shape index (κ1) is 11.4. The normalized spacial score (nSPS) is 11.9. The van der Waals surface area contributed by atoms with Gasteiger partial charge in [-0.15, -0.1) is 0 Å². The molecular weight excluding hydrogens is 292 g/mol. The van der Waals surface area contributed by atoms with Crippen LogP contribution in [0.25, 0.3) is 10.8 Å². The number of halogens is 1. The lowest BCUT2D eigenvalue weighted by Gasteiger charge is -2.08. The van der Waals surface area contributed by atoms with E-state index in [9.17, 15) is 8.42 Å². The Hall–Kier alpha value is -1.11. The number of hydrogen-bond acceptors (Lipinski definition) is 3. The second-order valence-electron chi connectivity index (χ2n) is 3.36. The molecule has 4 nitrogen and oxygen atoms in total. The van der Waals surface area contributed by atoms with E-state index in [2.05, 4.69) is 15.9 Å². The van der Waals surface area contributed by atoms with Crippen molar-refractivity contribution in [2.75, 3.05) is 5.73 Å². The highest BCUT2D eigenvalue weighted by Crippen LogP contribution is 2.32. The van der Waals surface area contributed by atoms with Crippen LogP contribution >= 0.6 is 15.9 Å². The van der Waals surface area contributed by atoms with Gasteiger partial charge in [-0.2, -0.15) is 0 Å². The Kier molecular flexibility index (Phi) is 2.65. The Morgan fingerprint density at radius 1 is 1.12 bits per heavy atom. The van der Waals surface area contributed by atoms with Crippen molar-refractivity contribution >= 4 is 42.4 Å². The fourth-order valence-corrected chi connectivity index (χ4v) is 2.92. The third-order valence-corrected chi connectivity index (χ3v) is 3.92. The van der Waals surface area contributed by atoms with E-state index in [0.29, 0.717) is 16.5 Å². The Labute approximate surface area is 101 Å². The average molecular weight is 301 g/mol. The summed E-state index contributed by atoms with van der Waals surface area (Å²) in [6.07, 6.45) is 0. The number of nitrogen functional groups attached to an aromatic ring is 1. The van der Waals surface area contributed by atoms with Crippen LogP contribution in [0.1, 0.15) is 0 Å². The lowest BCUT2D eigenvalue weighted by molar-refractivity contribution is 0.598. The van der Waals surface area contributed by atoms with Crippen molar-refractivity contribution in [3.05, 3.63) is 34.8 Å². The van der Waals surface area contributed by atoms with E-state index >= 15 is 0 Å². The monoisotopic (exact) mass is 300 g/mol. The lowest BCUT2D eigenvalue weighted by Crippen LogP contribution is -2.12. The van der Waals surface area contributed by atoms with Crippen LogP contribution in [0.15, 0.2) is 39.7 Å². The summed E-state index contributed by atoms with van der Waals surface area (Å²) in [7, 11) is -3.74. The average Bonchev–Trinajstić information content (AvgIpc) is 2.16. The molecule has 0 unspecified atom stereocenters. The number of rotatable bonds is 1. The van der Waals surface area contributed by atoms with Crippen molar-refractivity contribution in [3.8, 4) is 0 Å². The van der Waals surface area contributed by atoms with Crippen molar-refractivity contribution in [1.82, 2.24) is 0 Å². The summed E-state index contributed by atoms with van der Waals surface area (Å²) in [5, 5.41) is 6.33. The van der Waals surface area contributed by atoms with Crippen LogP contribution < -0.4 is 10.9 Å². The minimum Gasteiger partial charge on any atom is -0.398 e. The molecule has 0 bridgehead atoms. The van der Waals surface area contributed by atoms with Gasteiger partial charge in [-0.1, -0.05) is 28.1 Å². The van der Waals surface area contributed by atoms with Crippen molar-refractivity contribution in [2.45, 2.75) is 4.90 Å². The number of benzene rings is 2. The molecule has 0 amide bonds. The highest BCUT2D eigenvalue weighted by molar-refractivity contribution is 9.10. The van der Waals surface area contributed by atoms with Gasteiger partial charge in [0.05, 0.1) is 4.90 Å². The van der Waals surface area contributed by atoms with E-state index < -0.39 is 10.0 Å². The minimum absolute atomic E-state index is 0.0815. The maximum atomic E-state index is 11.4. The van der Waals surface area contributed by atoms with Crippen LogP contribution in [-0.2, 0) is 10.0 Å². The molecule has 0 atom stereocenters. The van der Waals surface area contributed by atoms with Crippen LogP contribution in [0.5, 0.6) is 0 Å². The van der Waals surface area contributed by atoms with Gasteiger partial charge < -0.3 is 5.73 Å². The Morgan fingerprint density at radius 2 is 1.81 bits per heavy atom. The molecule has 2 rings (SSSR count). The fourth-order valence-electron chi connectivity index (χ4n) is 1.61. The molecule has 0 aliphatic heterocycles. The first-order valence-corrected chi connectivity index (χ1v) is 6.74. The number of primary sulfonamides is 1. The summed E-state index contributed by atoms with van der Waals surface area (Å²) in [5.41, 5.74) is 6.31. The smallest absolute Gasteiger partial charge is 0.238 e. The SMILES string of the molecule is Nc1cccc2c(S(N)(=O)=O)ccc(Br)c12. The van der Waals surface area contributed by atoms with Gasteiger partial charge in [-0.3, -0.25) is 0 Å². The molecule has 0 saturated carbocycles. The third-order valence-electron chi connectivity index (χ3n) is 2.29. The molecule has 2 aromatic rings. The van der Waals surface area contributed by atoms with E-state index in [1.54, 1.807) is 24.3 Å². The zero-order valence-electron chi connectivity index (χ0n) is 8.14. The quantitative estimate of drug-likeness (QED) is 0.788. The van der Waals surface area contributed by atoms with Gasteiger partial charge in [-0.25, -0.2) is 13.6 Å². The molecule has 6 heteroatoms. The van der Waals surface area contributed by atoms with E-state index in [-0.39, 0.29) is 4.90 Å². The Morgan fingerprint density at radius 3 is 2.44 bits per heavy atom. The summed E-state index contributed by atoms with van der Waals surface area (Å²) in [6.45, 7) is 0. The largest absolute Gasteiger partial charge is 0.398 e. The number of fused-ring (bicyclic) bond motifs is 1. The van der Waals surface area contributed by atoms with Crippen LogP contribution in [0.4, 0.5) is 5.69 Å².